The molecule has 1 aromatic heterocycles. The molecule has 9 heteroatoms. The Bertz CT molecular complexity index is 1050. The van der Waals surface area contributed by atoms with Crippen LogP contribution in [0.5, 0.6) is 0 Å². The third kappa shape index (κ3) is 4.10. The highest BCUT2D eigenvalue weighted by molar-refractivity contribution is 7.89. The van der Waals surface area contributed by atoms with Gasteiger partial charge in [-0.25, -0.2) is 13.1 Å². The van der Waals surface area contributed by atoms with Gasteiger partial charge in [-0.1, -0.05) is 41.6 Å². The fourth-order valence-electron chi connectivity index (χ4n) is 2.98. The molecular formula is C19H21ClN4O3S. The minimum Gasteiger partial charge on any atom is -0.334 e. The molecule has 148 valence electrons. The minimum absolute atomic E-state index is 0. The van der Waals surface area contributed by atoms with Crippen molar-refractivity contribution in [3.05, 3.63) is 66.0 Å². The number of hydrogen-bond acceptors (Lipinski definition) is 6. The van der Waals surface area contributed by atoms with Crippen LogP contribution in [0.25, 0.3) is 11.5 Å². The molecular weight excluding hydrogens is 400 g/mol. The number of nitrogens with two attached hydrogens (primary N) is 1. The van der Waals surface area contributed by atoms with Crippen molar-refractivity contribution in [2.45, 2.75) is 36.2 Å². The number of halogens is 1. The lowest BCUT2D eigenvalue weighted by Crippen LogP contribution is -2.44. The quantitative estimate of drug-likeness (QED) is 0.634. The second kappa shape index (κ2) is 8.00. The molecule has 28 heavy (non-hydrogen) atoms. The summed E-state index contributed by atoms with van der Waals surface area (Å²) in [4.78, 5) is 4.51. The van der Waals surface area contributed by atoms with Crippen molar-refractivity contribution in [2.75, 3.05) is 0 Å². The molecule has 2 aromatic carbocycles. The molecule has 1 heterocycles. The van der Waals surface area contributed by atoms with Gasteiger partial charge in [0.05, 0.1) is 10.4 Å². The summed E-state index contributed by atoms with van der Waals surface area (Å²) in [7, 11) is -3.67. The summed E-state index contributed by atoms with van der Waals surface area (Å²) in [6, 6.07) is 15.8. The van der Waals surface area contributed by atoms with Gasteiger partial charge >= 0.3 is 0 Å². The van der Waals surface area contributed by atoms with E-state index in [1.807, 2.05) is 30.3 Å². The molecule has 0 aliphatic heterocycles. The number of sulfonamides is 1. The molecule has 1 aliphatic carbocycles. The second-order valence-corrected chi connectivity index (χ2v) is 8.54. The topological polar surface area (TPSA) is 111 Å². The van der Waals surface area contributed by atoms with E-state index < -0.39 is 15.6 Å². The largest absolute Gasteiger partial charge is 0.334 e. The number of rotatable bonds is 6. The summed E-state index contributed by atoms with van der Waals surface area (Å²) in [6.45, 7) is 0.216. The molecule has 0 atom stereocenters. The molecule has 0 spiro atoms. The predicted molar refractivity (Wildman–Crippen MR) is 107 cm³/mol. The molecule has 3 N–H and O–H groups in total. The van der Waals surface area contributed by atoms with Crippen molar-refractivity contribution in [3.63, 3.8) is 0 Å². The van der Waals surface area contributed by atoms with Crippen molar-refractivity contribution < 1.29 is 12.9 Å². The van der Waals surface area contributed by atoms with E-state index in [0.717, 1.165) is 24.8 Å². The first-order valence-corrected chi connectivity index (χ1v) is 10.2. The van der Waals surface area contributed by atoms with E-state index in [4.69, 9.17) is 10.3 Å². The highest BCUT2D eigenvalue weighted by Gasteiger charge is 2.39. The number of benzene rings is 2. The summed E-state index contributed by atoms with van der Waals surface area (Å²) in [6.07, 6.45) is 2.69. The lowest BCUT2D eigenvalue weighted by atomic mass is 9.77. The van der Waals surface area contributed by atoms with Gasteiger partial charge in [-0.05, 0) is 43.0 Å². The van der Waals surface area contributed by atoms with Crippen LogP contribution in [0.2, 0.25) is 0 Å². The summed E-state index contributed by atoms with van der Waals surface area (Å²) < 4.78 is 33.1. The predicted octanol–water partition coefficient (Wildman–Crippen LogP) is 2.97. The second-order valence-electron chi connectivity index (χ2n) is 6.77. The Morgan fingerprint density at radius 3 is 2.54 bits per heavy atom. The first-order valence-electron chi connectivity index (χ1n) is 8.73. The van der Waals surface area contributed by atoms with Crippen LogP contribution in [0, 0.1) is 0 Å². The molecule has 3 aromatic rings. The Morgan fingerprint density at radius 2 is 1.86 bits per heavy atom. The maximum Gasteiger partial charge on any atom is 0.258 e. The van der Waals surface area contributed by atoms with Gasteiger partial charge in [0.1, 0.15) is 0 Å². The molecule has 0 amide bonds. The van der Waals surface area contributed by atoms with Gasteiger partial charge in [0.25, 0.3) is 5.89 Å². The van der Waals surface area contributed by atoms with Crippen LogP contribution >= 0.6 is 12.4 Å². The Labute approximate surface area is 169 Å². The van der Waals surface area contributed by atoms with E-state index >= 15 is 0 Å². The third-order valence-electron chi connectivity index (χ3n) is 4.82. The summed E-state index contributed by atoms with van der Waals surface area (Å²) >= 11 is 0. The third-order valence-corrected chi connectivity index (χ3v) is 6.22. The van der Waals surface area contributed by atoms with E-state index in [1.165, 1.54) is 12.1 Å². The van der Waals surface area contributed by atoms with E-state index in [9.17, 15) is 8.42 Å². The Morgan fingerprint density at radius 1 is 1.11 bits per heavy atom. The lowest BCUT2D eigenvalue weighted by Gasteiger charge is -2.34. The zero-order valence-electron chi connectivity index (χ0n) is 15.0. The van der Waals surface area contributed by atoms with Crippen LogP contribution in [0.1, 0.15) is 30.7 Å². The van der Waals surface area contributed by atoms with Gasteiger partial charge in [0.15, 0.2) is 5.82 Å². The first kappa shape index (κ1) is 20.5. The zero-order chi connectivity index (χ0) is 18.9. The summed E-state index contributed by atoms with van der Waals surface area (Å²) in [5.41, 5.74) is 7.12. The van der Waals surface area contributed by atoms with E-state index in [1.54, 1.807) is 12.1 Å². The van der Waals surface area contributed by atoms with Crippen molar-refractivity contribution in [1.82, 2.24) is 14.9 Å². The molecule has 4 rings (SSSR count). The monoisotopic (exact) mass is 420 g/mol. The van der Waals surface area contributed by atoms with Gasteiger partial charge in [0, 0.05) is 12.1 Å². The van der Waals surface area contributed by atoms with E-state index in [-0.39, 0.29) is 29.7 Å². The van der Waals surface area contributed by atoms with Crippen LogP contribution in [0.4, 0.5) is 0 Å². The zero-order valence-corrected chi connectivity index (χ0v) is 16.7. The van der Waals surface area contributed by atoms with E-state index in [2.05, 4.69) is 14.9 Å². The first-order chi connectivity index (χ1) is 13.0. The molecule has 1 aliphatic rings. The fraction of sp³-hybridized carbons (Fsp3) is 0.263. The minimum atomic E-state index is -3.67. The van der Waals surface area contributed by atoms with Crippen LogP contribution < -0.4 is 10.5 Å². The number of nitrogens with zero attached hydrogens (tertiary/aromatic N) is 2. The molecule has 0 radical (unpaired) electrons. The average molecular weight is 421 g/mol. The molecule has 0 bridgehead atoms. The van der Waals surface area contributed by atoms with Crippen molar-refractivity contribution in [1.29, 1.82) is 0 Å². The van der Waals surface area contributed by atoms with Crippen molar-refractivity contribution >= 4 is 22.4 Å². The molecule has 0 unspecified atom stereocenters. The maximum atomic E-state index is 12.6. The van der Waals surface area contributed by atoms with Crippen LogP contribution in [0.15, 0.2) is 64.0 Å². The van der Waals surface area contributed by atoms with Crippen molar-refractivity contribution in [2.24, 2.45) is 5.73 Å². The molecule has 7 nitrogen and oxygen atoms in total. The van der Waals surface area contributed by atoms with Crippen LogP contribution in [-0.4, -0.2) is 18.6 Å². The maximum absolute atomic E-state index is 12.6. The van der Waals surface area contributed by atoms with E-state index in [0.29, 0.717) is 11.4 Å². The van der Waals surface area contributed by atoms with Crippen LogP contribution in [0.3, 0.4) is 0 Å². The number of hydrogen-bond donors (Lipinski definition) is 2. The van der Waals surface area contributed by atoms with Gasteiger partial charge in [-0.15, -0.1) is 12.4 Å². The highest BCUT2D eigenvalue weighted by atomic mass is 35.5. The van der Waals surface area contributed by atoms with Crippen molar-refractivity contribution in [3.8, 4) is 11.5 Å². The number of nitrogens with one attached hydrogen (secondary N) is 1. The fourth-order valence-corrected chi connectivity index (χ4v) is 4.04. The Hall–Kier alpha value is -2.26. The van der Waals surface area contributed by atoms with Gasteiger partial charge in [-0.3, -0.25) is 0 Å². The average Bonchev–Trinajstić information content (AvgIpc) is 3.16. The highest BCUT2D eigenvalue weighted by Crippen LogP contribution is 2.37. The van der Waals surface area contributed by atoms with Gasteiger partial charge in [0.2, 0.25) is 10.0 Å². The Kier molecular flexibility index (Phi) is 5.85. The smallest absolute Gasteiger partial charge is 0.258 e. The molecule has 1 fully saturated rings. The summed E-state index contributed by atoms with van der Waals surface area (Å²) in [5, 5.41) is 3.98. The Balaban J connectivity index is 0.00000225. The standard InChI is InChI=1S/C19H20N4O3S.ClH/c20-19(10-5-11-19)18-22-17(26-23-18)15-8-4-9-16(12-15)27(24,25)21-13-14-6-2-1-3-7-14;/h1-4,6-9,12,21H,5,10-11,13,20H2;1H. The number of aromatic nitrogens is 2. The lowest BCUT2D eigenvalue weighted by molar-refractivity contribution is 0.229. The summed E-state index contributed by atoms with van der Waals surface area (Å²) in [5.74, 6) is 0.737. The van der Waals surface area contributed by atoms with Gasteiger partial charge in [-0.2, -0.15) is 4.98 Å². The SMILES string of the molecule is Cl.NC1(c2noc(-c3cccc(S(=O)(=O)NCc4ccccc4)c3)n2)CCC1. The molecule has 1 saturated carbocycles. The van der Waals surface area contributed by atoms with Gasteiger partial charge < -0.3 is 10.3 Å². The van der Waals surface area contributed by atoms with Crippen LogP contribution in [-0.2, 0) is 22.1 Å². The normalized spacial score (nSPS) is 15.5. The molecule has 0 saturated heterocycles.